The molecule has 108 valence electrons. The Morgan fingerprint density at radius 3 is 2.65 bits per heavy atom. The molecule has 20 heavy (non-hydrogen) atoms. The zero-order valence-electron chi connectivity index (χ0n) is 11.8. The van der Waals surface area contributed by atoms with Gasteiger partial charge in [0.25, 0.3) is 0 Å². The van der Waals surface area contributed by atoms with Crippen molar-refractivity contribution in [2.75, 3.05) is 0 Å². The average Bonchev–Trinajstić information content (AvgIpc) is 2.74. The van der Waals surface area contributed by atoms with Crippen molar-refractivity contribution in [2.45, 2.75) is 39.8 Å². The van der Waals surface area contributed by atoms with Crippen molar-refractivity contribution in [1.29, 1.82) is 0 Å². The molecule has 0 aliphatic carbocycles. The molecule has 2 rings (SSSR count). The SMILES string of the molecule is CCn1nc(C)cc1CC(O)c1c(F)ccc(C)c1F. The summed E-state index contributed by atoms with van der Waals surface area (Å²) < 4.78 is 29.5. The van der Waals surface area contributed by atoms with Gasteiger partial charge in [-0.05, 0) is 38.5 Å². The van der Waals surface area contributed by atoms with E-state index in [9.17, 15) is 13.9 Å². The van der Waals surface area contributed by atoms with Gasteiger partial charge in [-0.1, -0.05) is 6.07 Å². The molecule has 1 heterocycles. The van der Waals surface area contributed by atoms with Crippen LogP contribution in [0.1, 0.15) is 35.5 Å². The monoisotopic (exact) mass is 280 g/mol. The molecular weight excluding hydrogens is 262 g/mol. The summed E-state index contributed by atoms with van der Waals surface area (Å²) >= 11 is 0. The van der Waals surface area contributed by atoms with Crippen LogP contribution in [0, 0.1) is 25.5 Å². The van der Waals surface area contributed by atoms with Crippen LogP contribution in [0.2, 0.25) is 0 Å². The van der Waals surface area contributed by atoms with Crippen LogP contribution in [0.3, 0.4) is 0 Å². The van der Waals surface area contributed by atoms with E-state index in [1.54, 1.807) is 11.6 Å². The van der Waals surface area contributed by atoms with Gasteiger partial charge in [-0.15, -0.1) is 0 Å². The van der Waals surface area contributed by atoms with Crippen molar-refractivity contribution in [3.63, 3.8) is 0 Å². The van der Waals surface area contributed by atoms with Gasteiger partial charge in [0.1, 0.15) is 11.6 Å². The third kappa shape index (κ3) is 2.72. The summed E-state index contributed by atoms with van der Waals surface area (Å²) in [4.78, 5) is 0. The first kappa shape index (κ1) is 14.7. The molecule has 5 heteroatoms. The number of aliphatic hydroxyl groups is 1. The maximum absolute atomic E-state index is 14.0. The molecule has 0 bridgehead atoms. The van der Waals surface area contributed by atoms with Gasteiger partial charge in [-0.3, -0.25) is 4.68 Å². The molecule has 0 saturated heterocycles. The molecular formula is C15H18F2N2O. The molecule has 0 radical (unpaired) electrons. The lowest BCUT2D eigenvalue weighted by molar-refractivity contribution is 0.165. The highest BCUT2D eigenvalue weighted by Crippen LogP contribution is 2.26. The van der Waals surface area contributed by atoms with Crippen molar-refractivity contribution in [2.24, 2.45) is 0 Å². The topological polar surface area (TPSA) is 38.0 Å². The van der Waals surface area contributed by atoms with Gasteiger partial charge in [0.05, 0.1) is 17.4 Å². The second-order valence-corrected chi connectivity index (χ2v) is 4.90. The van der Waals surface area contributed by atoms with Gasteiger partial charge < -0.3 is 5.11 Å². The van der Waals surface area contributed by atoms with E-state index in [4.69, 9.17) is 0 Å². The maximum atomic E-state index is 14.0. The Labute approximate surface area is 116 Å². The van der Waals surface area contributed by atoms with Crippen molar-refractivity contribution < 1.29 is 13.9 Å². The quantitative estimate of drug-likeness (QED) is 0.934. The average molecular weight is 280 g/mol. The highest BCUT2D eigenvalue weighted by molar-refractivity contribution is 5.29. The molecule has 1 aromatic heterocycles. The molecule has 0 spiro atoms. The predicted molar refractivity (Wildman–Crippen MR) is 72.4 cm³/mol. The fourth-order valence-corrected chi connectivity index (χ4v) is 2.32. The van der Waals surface area contributed by atoms with E-state index in [0.29, 0.717) is 12.1 Å². The molecule has 0 amide bonds. The van der Waals surface area contributed by atoms with Gasteiger partial charge in [-0.25, -0.2) is 8.78 Å². The number of aryl methyl sites for hydroxylation is 3. The van der Waals surface area contributed by atoms with Gasteiger partial charge in [-0.2, -0.15) is 5.10 Å². The Balaban J connectivity index is 2.33. The summed E-state index contributed by atoms with van der Waals surface area (Å²) in [6.07, 6.45) is -1.09. The molecule has 1 unspecified atom stereocenters. The molecule has 2 aromatic rings. The lowest BCUT2D eigenvalue weighted by Crippen LogP contribution is -2.12. The lowest BCUT2D eigenvalue weighted by atomic mass is 10.0. The zero-order valence-corrected chi connectivity index (χ0v) is 11.8. The fourth-order valence-electron chi connectivity index (χ4n) is 2.32. The number of aromatic nitrogens is 2. The molecule has 1 atom stereocenters. The number of hydrogen-bond donors (Lipinski definition) is 1. The van der Waals surface area contributed by atoms with Crippen LogP contribution in [-0.2, 0) is 13.0 Å². The smallest absolute Gasteiger partial charge is 0.134 e. The first-order valence-corrected chi connectivity index (χ1v) is 6.60. The molecule has 0 fully saturated rings. The van der Waals surface area contributed by atoms with Crippen LogP contribution in [-0.4, -0.2) is 14.9 Å². The van der Waals surface area contributed by atoms with Crippen LogP contribution in [0.4, 0.5) is 8.78 Å². The van der Waals surface area contributed by atoms with Gasteiger partial charge >= 0.3 is 0 Å². The molecule has 3 nitrogen and oxygen atoms in total. The Hall–Kier alpha value is -1.75. The van der Waals surface area contributed by atoms with Crippen molar-refractivity contribution >= 4 is 0 Å². The third-order valence-electron chi connectivity index (χ3n) is 3.34. The van der Waals surface area contributed by atoms with E-state index in [1.807, 2.05) is 19.9 Å². The number of rotatable bonds is 4. The maximum Gasteiger partial charge on any atom is 0.134 e. The summed E-state index contributed by atoms with van der Waals surface area (Å²) in [7, 11) is 0. The first-order valence-electron chi connectivity index (χ1n) is 6.60. The summed E-state index contributed by atoms with van der Waals surface area (Å²) in [5.74, 6) is -1.41. The van der Waals surface area contributed by atoms with Crippen LogP contribution >= 0.6 is 0 Å². The second-order valence-electron chi connectivity index (χ2n) is 4.90. The summed E-state index contributed by atoms with van der Waals surface area (Å²) in [5, 5.41) is 14.4. The minimum Gasteiger partial charge on any atom is -0.388 e. The number of aliphatic hydroxyl groups excluding tert-OH is 1. The fraction of sp³-hybridized carbons (Fsp3) is 0.400. The molecule has 0 aliphatic rings. The normalized spacial score (nSPS) is 12.7. The molecule has 0 aliphatic heterocycles. The van der Waals surface area contributed by atoms with Crippen LogP contribution in [0.5, 0.6) is 0 Å². The highest BCUT2D eigenvalue weighted by atomic mass is 19.1. The van der Waals surface area contributed by atoms with E-state index < -0.39 is 17.7 Å². The predicted octanol–water partition coefficient (Wildman–Crippen LogP) is 3.07. The largest absolute Gasteiger partial charge is 0.388 e. The van der Waals surface area contributed by atoms with Crippen molar-refractivity contribution in [3.05, 3.63) is 52.3 Å². The summed E-state index contributed by atoms with van der Waals surface area (Å²) in [6.45, 7) is 5.96. The van der Waals surface area contributed by atoms with Crippen LogP contribution < -0.4 is 0 Å². The first-order chi connectivity index (χ1) is 9.43. The van der Waals surface area contributed by atoms with Crippen LogP contribution in [0.25, 0.3) is 0 Å². The van der Waals surface area contributed by atoms with E-state index in [-0.39, 0.29) is 12.0 Å². The number of halogens is 2. The van der Waals surface area contributed by atoms with Crippen LogP contribution in [0.15, 0.2) is 18.2 Å². The number of benzene rings is 1. The minimum atomic E-state index is -1.23. The van der Waals surface area contributed by atoms with E-state index >= 15 is 0 Å². The zero-order chi connectivity index (χ0) is 14.9. The van der Waals surface area contributed by atoms with Crippen molar-refractivity contribution in [3.8, 4) is 0 Å². The van der Waals surface area contributed by atoms with E-state index in [1.165, 1.54) is 12.1 Å². The third-order valence-corrected chi connectivity index (χ3v) is 3.34. The van der Waals surface area contributed by atoms with E-state index in [2.05, 4.69) is 5.10 Å². The minimum absolute atomic E-state index is 0.131. The van der Waals surface area contributed by atoms with Gasteiger partial charge in [0, 0.05) is 18.7 Å². The second kappa shape index (κ2) is 5.71. The lowest BCUT2D eigenvalue weighted by Gasteiger charge is -2.14. The Kier molecular flexibility index (Phi) is 4.18. The van der Waals surface area contributed by atoms with Crippen molar-refractivity contribution in [1.82, 2.24) is 9.78 Å². The molecule has 1 aromatic carbocycles. The Morgan fingerprint density at radius 1 is 1.30 bits per heavy atom. The van der Waals surface area contributed by atoms with E-state index in [0.717, 1.165) is 11.4 Å². The molecule has 1 N–H and O–H groups in total. The molecule has 0 saturated carbocycles. The summed E-state index contributed by atoms with van der Waals surface area (Å²) in [5.41, 5.74) is 1.63. The Morgan fingerprint density at radius 2 is 2.00 bits per heavy atom. The number of nitrogens with zero attached hydrogens (tertiary/aromatic N) is 2. The number of hydrogen-bond acceptors (Lipinski definition) is 2. The van der Waals surface area contributed by atoms with Gasteiger partial charge in [0.15, 0.2) is 0 Å². The Bertz CT molecular complexity index is 623. The standard InChI is InChI=1S/C15H18F2N2O/c1-4-19-11(7-10(3)18-19)8-13(20)14-12(16)6-5-9(2)15(14)17/h5-7,13,20H,4,8H2,1-3H3. The highest BCUT2D eigenvalue weighted by Gasteiger charge is 2.21. The summed E-state index contributed by atoms with van der Waals surface area (Å²) in [6, 6.07) is 4.36. The van der Waals surface area contributed by atoms with Gasteiger partial charge in [0.2, 0.25) is 0 Å².